The van der Waals surface area contributed by atoms with Gasteiger partial charge < -0.3 is 10.1 Å². The SMILES string of the molecule is CC1(Oc2ccccc2C(F)(F)F)CNC1. The molecule has 2 nitrogen and oxygen atoms in total. The molecule has 0 radical (unpaired) electrons. The van der Waals surface area contributed by atoms with E-state index in [4.69, 9.17) is 4.74 Å². The zero-order valence-corrected chi connectivity index (χ0v) is 8.77. The molecule has 1 aliphatic rings. The summed E-state index contributed by atoms with van der Waals surface area (Å²) in [5, 5.41) is 2.97. The van der Waals surface area contributed by atoms with E-state index in [-0.39, 0.29) is 5.75 Å². The fourth-order valence-electron chi connectivity index (χ4n) is 1.60. The van der Waals surface area contributed by atoms with Crippen LogP contribution in [0.3, 0.4) is 0 Å². The monoisotopic (exact) mass is 231 g/mol. The Bertz CT molecular complexity index is 385. The number of halogens is 3. The van der Waals surface area contributed by atoms with Crippen LogP contribution in [0, 0.1) is 0 Å². The summed E-state index contributed by atoms with van der Waals surface area (Å²) in [5.74, 6) is -0.0981. The van der Waals surface area contributed by atoms with Gasteiger partial charge in [-0.05, 0) is 19.1 Å². The molecule has 0 saturated carbocycles. The van der Waals surface area contributed by atoms with Crippen LogP contribution in [0.2, 0.25) is 0 Å². The number of para-hydroxylation sites is 1. The van der Waals surface area contributed by atoms with Crippen molar-refractivity contribution in [2.45, 2.75) is 18.7 Å². The standard InChI is InChI=1S/C11H12F3NO/c1-10(6-15-7-10)16-9-5-3-2-4-8(9)11(12,13)14/h2-5,15H,6-7H2,1H3. The zero-order valence-electron chi connectivity index (χ0n) is 8.77. The Morgan fingerprint density at radius 2 is 1.88 bits per heavy atom. The molecule has 1 saturated heterocycles. The quantitative estimate of drug-likeness (QED) is 0.844. The van der Waals surface area contributed by atoms with E-state index in [1.165, 1.54) is 12.1 Å². The van der Waals surface area contributed by atoms with Crippen LogP contribution in [-0.2, 0) is 6.18 Å². The molecule has 0 bridgehead atoms. The molecule has 1 aromatic carbocycles. The lowest BCUT2D eigenvalue weighted by Crippen LogP contribution is -2.61. The van der Waals surface area contributed by atoms with E-state index in [1.807, 2.05) is 0 Å². The fourth-order valence-corrected chi connectivity index (χ4v) is 1.60. The number of hydrogen-bond donors (Lipinski definition) is 1. The predicted molar refractivity (Wildman–Crippen MR) is 53.3 cm³/mol. The van der Waals surface area contributed by atoms with E-state index in [2.05, 4.69) is 5.32 Å². The first-order valence-corrected chi connectivity index (χ1v) is 4.97. The molecule has 1 fully saturated rings. The van der Waals surface area contributed by atoms with Gasteiger partial charge >= 0.3 is 6.18 Å². The summed E-state index contributed by atoms with van der Waals surface area (Å²) in [6.07, 6.45) is -4.37. The summed E-state index contributed by atoms with van der Waals surface area (Å²) in [5.41, 5.74) is -1.25. The first-order chi connectivity index (χ1) is 7.41. The third-order valence-corrected chi connectivity index (χ3v) is 2.55. The van der Waals surface area contributed by atoms with Gasteiger partial charge in [0.1, 0.15) is 11.4 Å². The smallest absolute Gasteiger partial charge is 0.419 e. The van der Waals surface area contributed by atoms with Crippen molar-refractivity contribution in [1.82, 2.24) is 5.32 Å². The normalized spacial score (nSPS) is 19.0. The number of nitrogens with one attached hydrogen (secondary N) is 1. The van der Waals surface area contributed by atoms with Gasteiger partial charge in [-0.2, -0.15) is 13.2 Å². The second-order valence-corrected chi connectivity index (χ2v) is 4.15. The number of benzene rings is 1. The van der Waals surface area contributed by atoms with Crippen molar-refractivity contribution < 1.29 is 17.9 Å². The average molecular weight is 231 g/mol. The fraction of sp³-hybridized carbons (Fsp3) is 0.455. The first kappa shape index (κ1) is 11.3. The van der Waals surface area contributed by atoms with Gasteiger partial charge in [-0.1, -0.05) is 12.1 Å². The highest BCUT2D eigenvalue weighted by atomic mass is 19.4. The Kier molecular flexibility index (Phi) is 2.58. The minimum Gasteiger partial charge on any atom is -0.484 e. The highest BCUT2D eigenvalue weighted by Crippen LogP contribution is 2.37. The van der Waals surface area contributed by atoms with E-state index in [0.29, 0.717) is 13.1 Å². The van der Waals surface area contributed by atoms with Crippen molar-refractivity contribution in [3.05, 3.63) is 29.8 Å². The molecule has 0 spiro atoms. The molecule has 0 atom stereocenters. The van der Waals surface area contributed by atoms with Gasteiger partial charge in [0.2, 0.25) is 0 Å². The summed E-state index contributed by atoms with van der Waals surface area (Å²) in [7, 11) is 0. The molecule has 0 unspecified atom stereocenters. The van der Waals surface area contributed by atoms with E-state index < -0.39 is 17.3 Å². The Morgan fingerprint density at radius 3 is 2.38 bits per heavy atom. The summed E-state index contributed by atoms with van der Waals surface area (Å²) in [6, 6.07) is 5.29. The van der Waals surface area contributed by atoms with Gasteiger partial charge in [-0.25, -0.2) is 0 Å². The molecule has 1 aromatic rings. The van der Waals surface area contributed by atoms with Crippen molar-refractivity contribution in [2.24, 2.45) is 0 Å². The number of ether oxygens (including phenoxy) is 1. The lowest BCUT2D eigenvalue weighted by Gasteiger charge is -2.39. The van der Waals surface area contributed by atoms with Gasteiger partial charge in [-0.3, -0.25) is 0 Å². The molecule has 0 amide bonds. The van der Waals surface area contributed by atoms with Crippen molar-refractivity contribution in [1.29, 1.82) is 0 Å². The summed E-state index contributed by atoms with van der Waals surface area (Å²) < 4.78 is 43.4. The first-order valence-electron chi connectivity index (χ1n) is 4.97. The lowest BCUT2D eigenvalue weighted by atomic mass is 9.99. The predicted octanol–water partition coefficient (Wildman–Crippen LogP) is 2.45. The maximum absolute atomic E-state index is 12.6. The summed E-state index contributed by atoms with van der Waals surface area (Å²) >= 11 is 0. The van der Waals surface area contributed by atoms with E-state index in [0.717, 1.165) is 6.07 Å². The maximum Gasteiger partial charge on any atom is 0.419 e. The van der Waals surface area contributed by atoms with Crippen LogP contribution in [0.25, 0.3) is 0 Å². The third-order valence-electron chi connectivity index (χ3n) is 2.55. The molecular formula is C11H12F3NO. The third kappa shape index (κ3) is 2.14. The van der Waals surface area contributed by atoms with E-state index >= 15 is 0 Å². The number of hydrogen-bond acceptors (Lipinski definition) is 2. The molecule has 0 aromatic heterocycles. The highest BCUT2D eigenvalue weighted by molar-refractivity contribution is 5.36. The van der Waals surface area contributed by atoms with Crippen molar-refractivity contribution in [3.63, 3.8) is 0 Å². The second-order valence-electron chi connectivity index (χ2n) is 4.15. The van der Waals surface area contributed by atoms with Gasteiger partial charge in [-0.15, -0.1) is 0 Å². The topological polar surface area (TPSA) is 21.3 Å². The molecule has 0 aliphatic carbocycles. The Morgan fingerprint density at radius 1 is 1.25 bits per heavy atom. The lowest BCUT2D eigenvalue weighted by molar-refractivity contribution is -0.140. The molecule has 1 aliphatic heterocycles. The van der Waals surface area contributed by atoms with E-state index in [1.54, 1.807) is 13.0 Å². The van der Waals surface area contributed by atoms with Crippen LogP contribution < -0.4 is 10.1 Å². The number of rotatable bonds is 2. The van der Waals surface area contributed by atoms with Crippen LogP contribution in [0.1, 0.15) is 12.5 Å². The van der Waals surface area contributed by atoms with Crippen molar-refractivity contribution in [2.75, 3.05) is 13.1 Å². The highest BCUT2D eigenvalue weighted by Gasteiger charge is 2.39. The Labute approximate surface area is 91.4 Å². The molecule has 1 heterocycles. The molecule has 88 valence electrons. The van der Waals surface area contributed by atoms with Gasteiger partial charge in [0.25, 0.3) is 0 Å². The summed E-state index contributed by atoms with van der Waals surface area (Å²) in [6.45, 7) is 2.93. The van der Waals surface area contributed by atoms with Crippen LogP contribution in [0.5, 0.6) is 5.75 Å². The van der Waals surface area contributed by atoms with Crippen LogP contribution in [-0.4, -0.2) is 18.7 Å². The largest absolute Gasteiger partial charge is 0.484 e. The minimum atomic E-state index is -4.37. The second kappa shape index (κ2) is 3.66. The maximum atomic E-state index is 12.6. The molecule has 5 heteroatoms. The van der Waals surface area contributed by atoms with Crippen LogP contribution in [0.4, 0.5) is 13.2 Å². The van der Waals surface area contributed by atoms with Crippen molar-refractivity contribution >= 4 is 0 Å². The van der Waals surface area contributed by atoms with Gasteiger partial charge in [0, 0.05) is 13.1 Å². The Balaban J connectivity index is 2.26. The molecular weight excluding hydrogens is 219 g/mol. The number of alkyl halides is 3. The molecule has 2 rings (SSSR count). The molecule has 16 heavy (non-hydrogen) atoms. The summed E-state index contributed by atoms with van der Waals surface area (Å²) in [4.78, 5) is 0. The average Bonchev–Trinajstić information content (AvgIpc) is 2.14. The van der Waals surface area contributed by atoms with E-state index in [9.17, 15) is 13.2 Å². The van der Waals surface area contributed by atoms with Crippen molar-refractivity contribution in [3.8, 4) is 5.75 Å². The van der Waals surface area contributed by atoms with Crippen LogP contribution in [0.15, 0.2) is 24.3 Å². The van der Waals surface area contributed by atoms with Gasteiger partial charge in [0.15, 0.2) is 0 Å². The molecule has 1 N–H and O–H groups in total. The Hall–Kier alpha value is -1.23. The van der Waals surface area contributed by atoms with Gasteiger partial charge in [0.05, 0.1) is 5.56 Å². The van der Waals surface area contributed by atoms with Crippen LogP contribution >= 0.6 is 0 Å². The minimum absolute atomic E-state index is 0.0981. The zero-order chi connectivity index (χ0) is 11.8.